The normalized spacial score (nSPS) is 23.1. The number of hydrogen-bond acceptors (Lipinski definition) is 5. The zero-order valence-corrected chi connectivity index (χ0v) is 13.6. The lowest BCUT2D eigenvalue weighted by Crippen LogP contribution is -2.47. The summed E-state index contributed by atoms with van der Waals surface area (Å²) in [4.78, 5) is 0. The number of hydrogen-bond donors (Lipinski definition) is 1. The molecule has 1 heterocycles. The summed E-state index contributed by atoms with van der Waals surface area (Å²) in [5.41, 5.74) is 2.87. The van der Waals surface area contributed by atoms with Gasteiger partial charge in [0, 0.05) is 29.0 Å². The van der Waals surface area contributed by atoms with E-state index in [1.165, 1.54) is 11.3 Å². The Balaban J connectivity index is 2.99. The van der Waals surface area contributed by atoms with Crippen molar-refractivity contribution < 1.29 is 14.6 Å². The van der Waals surface area contributed by atoms with Gasteiger partial charge in [-0.15, -0.1) is 0 Å². The van der Waals surface area contributed by atoms with Crippen molar-refractivity contribution in [1.82, 2.24) is 5.32 Å². The van der Waals surface area contributed by atoms with Gasteiger partial charge < -0.3 is 10.6 Å². The van der Waals surface area contributed by atoms with Gasteiger partial charge in [0.1, 0.15) is 0 Å². The van der Waals surface area contributed by atoms with Crippen molar-refractivity contribution >= 4 is 12.0 Å². The molecule has 4 nitrogen and oxygen atoms in total. The Bertz CT molecular complexity index is 327. The third-order valence-electron chi connectivity index (χ3n) is 3.53. The highest BCUT2D eigenvalue weighted by atomic mass is 32.2. The fraction of sp³-hybridized carbons (Fsp3) is 0.857. The second-order valence-electron chi connectivity index (χ2n) is 6.51. The van der Waals surface area contributed by atoms with Gasteiger partial charge in [-0.3, -0.25) is 5.04 Å². The topological polar surface area (TPSA) is 53.5 Å². The summed E-state index contributed by atoms with van der Waals surface area (Å²) in [6.45, 7) is 13.3. The molecule has 19 heavy (non-hydrogen) atoms. The van der Waals surface area contributed by atoms with Gasteiger partial charge in [0.05, 0.1) is 0 Å². The Morgan fingerprint density at radius 3 is 2.42 bits per heavy atom. The monoisotopic (exact) mass is 288 g/mol. The van der Waals surface area contributed by atoms with E-state index in [-0.39, 0.29) is 5.54 Å². The summed E-state index contributed by atoms with van der Waals surface area (Å²) in [5.74, 6) is 2.12. The first kappa shape index (κ1) is 16.8. The lowest BCUT2D eigenvalue weighted by molar-refractivity contribution is -0.777. The summed E-state index contributed by atoms with van der Waals surface area (Å²) in [7, 11) is 0. The van der Waals surface area contributed by atoms with Crippen LogP contribution in [0.25, 0.3) is 0 Å². The molecule has 0 spiro atoms. The van der Waals surface area contributed by atoms with E-state index in [0.29, 0.717) is 17.8 Å². The van der Waals surface area contributed by atoms with E-state index in [1.54, 1.807) is 0 Å². The minimum absolute atomic E-state index is 0.0710. The molecule has 5 heteroatoms. The van der Waals surface area contributed by atoms with Gasteiger partial charge in [0.15, 0.2) is 0 Å². The highest BCUT2D eigenvalue weighted by molar-refractivity contribution is 7.94. The third kappa shape index (κ3) is 4.67. The summed E-state index contributed by atoms with van der Waals surface area (Å²) in [6.07, 6.45) is 1.03. The van der Waals surface area contributed by atoms with Crippen LogP contribution in [0.5, 0.6) is 0 Å². The molecule has 0 radical (unpaired) electrons. The van der Waals surface area contributed by atoms with Gasteiger partial charge >= 0.3 is 0 Å². The first-order valence-electron chi connectivity index (χ1n) is 6.88. The van der Waals surface area contributed by atoms with Crippen LogP contribution in [-0.2, 0) is 9.37 Å². The molecule has 1 atom stereocenters. The zero-order chi connectivity index (χ0) is 14.6. The first-order valence-corrected chi connectivity index (χ1v) is 7.79. The second-order valence-corrected chi connectivity index (χ2v) is 7.21. The molecule has 0 aromatic rings. The number of nitrogens with one attached hydrogen (secondary N) is 1. The largest absolute Gasteiger partial charge is 0.691 e. The van der Waals surface area contributed by atoms with Gasteiger partial charge in [0.25, 0.3) is 0 Å². The highest BCUT2D eigenvalue weighted by Gasteiger charge is 2.35. The molecule has 1 aliphatic heterocycles. The number of allylic oxidation sites excluding steroid dienone is 2. The van der Waals surface area contributed by atoms with Gasteiger partial charge in [-0.25, -0.2) is 0 Å². The second kappa shape index (κ2) is 6.97. The van der Waals surface area contributed by atoms with Gasteiger partial charge in [-0.1, -0.05) is 27.7 Å². The maximum atomic E-state index is 9.92. The Kier molecular flexibility index (Phi) is 6.17. The molecule has 1 N–H and O–H groups in total. The smallest absolute Gasteiger partial charge is 0.0320 e. The van der Waals surface area contributed by atoms with E-state index in [2.05, 4.69) is 56.2 Å². The molecule has 0 bridgehead atoms. The van der Waals surface area contributed by atoms with E-state index in [4.69, 9.17) is 0 Å². The van der Waals surface area contributed by atoms with Crippen LogP contribution in [0.3, 0.4) is 0 Å². The average molecular weight is 288 g/mol. The van der Waals surface area contributed by atoms with Crippen molar-refractivity contribution in [3.05, 3.63) is 11.3 Å². The molecular weight excluding hydrogens is 262 g/mol. The van der Waals surface area contributed by atoms with E-state index >= 15 is 0 Å². The third-order valence-corrected chi connectivity index (χ3v) is 4.22. The van der Waals surface area contributed by atoms with E-state index < -0.39 is 0 Å². The molecule has 1 unspecified atom stereocenters. The average Bonchev–Trinajstić information content (AvgIpc) is 2.26. The Labute approximate surface area is 121 Å². The maximum Gasteiger partial charge on any atom is 0.0320 e. The number of rotatable bonds is 6. The molecule has 112 valence electrons. The van der Waals surface area contributed by atoms with Crippen LogP contribution in [0, 0.1) is 17.8 Å². The quantitative estimate of drug-likeness (QED) is 0.352. The Morgan fingerprint density at radius 1 is 1.32 bits per heavy atom. The van der Waals surface area contributed by atoms with Crippen molar-refractivity contribution in [3.8, 4) is 0 Å². The lowest BCUT2D eigenvalue weighted by atomic mass is 9.76. The standard InChI is InChI=1S/C14H27NO3S/c1-9(2)12-11(8-19-18-17-16)7-14(5,6)15-13(12)10(3)4/h9-11,15-16H,7-8H2,1-6H3/p-1. The zero-order valence-electron chi connectivity index (χ0n) is 12.8. The molecule has 1 aliphatic rings. The Morgan fingerprint density at radius 2 is 1.95 bits per heavy atom. The molecule has 0 saturated heterocycles. The van der Waals surface area contributed by atoms with Gasteiger partial charge in [0.2, 0.25) is 0 Å². The molecular formula is C14H26NO3S-. The summed E-state index contributed by atoms with van der Waals surface area (Å²) >= 11 is 1.10. The first-order chi connectivity index (χ1) is 8.78. The van der Waals surface area contributed by atoms with Crippen molar-refractivity contribution in [3.63, 3.8) is 0 Å². The van der Waals surface area contributed by atoms with Gasteiger partial charge in [-0.2, -0.15) is 4.33 Å². The lowest BCUT2D eigenvalue weighted by Gasteiger charge is -2.43. The van der Waals surface area contributed by atoms with E-state index in [1.807, 2.05) is 0 Å². The molecule has 0 fully saturated rings. The molecule has 0 aliphatic carbocycles. The molecule has 0 aromatic heterocycles. The SMILES string of the molecule is CC(C)C1=C(C(C)C)C(CSOO[O-])CC(C)(C)N1. The fourth-order valence-corrected chi connectivity index (χ4v) is 3.53. The van der Waals surface area contributed by atoms with Crippen LogP contribution < -0.4 is 10.6 Å². The predicted molar refractivity (Wildman–Crippen MR) is 76.7 cm³/mol. The fourth-order valence-electron chi connectivity index (χ4n) is 2.97. The maximum absolute atomic E-state index is 9.92. The van der Waals surface area contributed by atoms with Crippen LogP contribution in [0.15, 0.2) is 11.3 Å². The van der Waals surface area contributed by atoms with Crippen LogP contribution in [-0.4, -0.2) is 11.3 Å². The molecule has 0 amide bonds. The van der Waals surface area contributed by atoms with Crippen LogP contribution in [0.1, 0.15) is 48.0 Å². The van der Waals surface area contributed by atoms with Crippen molar-refractivity contribution in [2.45, 2.75) is 53.5 Å². The summed E-state index contributed by atoms with van der Waals surface area (Å²) in [5, 5.41) is 17.0. The van der Waals surface area contributed by atoms with Crippen molar-refractivity contribution in [2.24, 2.45) is 17.8 Å². The predicted octanol–water partition coefficient (Wildman–Crippen LogP) is 2.81. The van der Waals surface area contributed by atoms with E-state index in [9.17, 15) is 5.26 Å². The van der Waals surface area contributed by atoms with Crippen molar-refractivity contribution in [2.75, 3.05) is 5.75 Å². The molecule has 1 rings (SSSR count). The van der Waals surface area contributed by atoms with Crippen LogP contribution in [0.2, 0.25) is 0 Å². The Hall–Kier alpha value is -0.230. The molecule has 0 saturated carbocycles. The summed E-state index contributed by atoms with van der Waals surface area (Å²) < 4.78 is 4.45. The molecule has 0 aromatic carbocycles. The van der Waals surface area contributed by atoms with Crippen LogP contribution in [0.4, 0.5) is 0 Å². The van der Waals surface area contributed by atoms with Crippen LogP contribution >= 0.6 is 12.0 Å². The van der Waals surface area contributed by atoms with Crippen molar-refractivity contribution in [1.29, 1.82) is 0 Å². The van der Waals surface area contributed by atoms with E-state index in [0.717, 1.165) is 24.2 Å². The van der Waals surface area contributed by atoms with Gasteiger partial charge in [-0.05, 0) is 43.6 Å². The minimum atomic E-state index is 0.0710. The summed E-state index contributed by atoms with van der Waals surface area (Å²) in [6, 6.07) is 0. The minimum Gasteiger partial charge on any atom is -0.691 e. The highest BCUT2D eigenvalue weighted by Crippen LogP contribution is 2.39.